The second kappa shape index (κ2) is 6.32. The Labute approximate surface area is 137 Å². The Morgan fingerprint density at radius 1 is 1.33 bits per heavy atom. The van der Waals surface area contributed by atoms with Crippen LogP contribution >= 0.6 is 27.3 Å². The topological polar surface area (TPSA) is 20.3 Å². The first-order valence-corrected chi connectivity index (χ1v) is 8.92. The molecule has 4 heteroatoms. The molecule has 0 radical (unpaired) electrons. The minimum Gasteiger partial charge on any atom is -0.331 e. The Balaban J connectivity index is 1.85. The van der Waals surface area contributed by atoms with Gasteiger partial charge in [-0.15, -0.1) is 11.3 Å². The third-order valence-electron chi connectivity index (χ3n) is 4.06. The van der Waals surface area contributed by atoms with Gasteiger partial charge in [0.15, 0.2) is 0 Å². The summed E-state index contributed by atoms with van der Waals surface area (Å²) >= 11 is 4.99. The highest BCUT2D eigenvalue weighted by atomic mass is 79.9. The fraction of sp³-hybridized carbons (Fsp3) is 0.353. The minimum absolute atomic E-state index is 0.139. The molecule has 1 unspecified atom stereocenters. The number of thiophene rings is 1. The highest BCUT2D eigenvalue weighted by Crippen LogP contribution is 2.37. The average molecular weight is 364 g/mol. The molecule has 1 aromatic heterocycles. The van der Waals surface area contributed by atoms with Crippen molar-refractivity contribution in [2.75, 3.05) is 0 Å². The smallest absolute Gasteiger partial charge is 0.265 e. The van der Waals surface area contributed by atoms with Crippen LogP contribution in [0.2, 0.25) is 0 Å². The molecule has 0 N–H and O–H groups in total. The highest BCUT2D eigenvalue weighted by Gasteiger charge is 2.35. The largest absolute Gasteiger partial charge is 0.331 e. The summed E-state index contributed by atoms with van der Waals surface area (Å²) in [5.41, 5.74) is 1.19. The maximum Gasteiger partial charge on any atom is 0.265 e. The summed E-state index contributed by atoms with van der Waals surface area (Å²) in [5, 5.41) is 1.96. The van der Waals surface area contributed by atoms with Crippen molar-refractivity contribution in [3.05, 3.63) is 56.7 Å². The number of hydrogen-bond acceptors (Lipinski definition) is 2. The zero-order valence-corrected chi connectivity index (χ0v) is 14.4. The molecule has 110 valence electrons. The van der Waals surface area contributed by atoms with Gasteiger partial charge in [-0.25, -0.2) is 0 Å². The van der Waals surface area contributed by atoms with Gasteiger partial charge in [0.2, 0.25) is 0 Å². The maximum atomic E-state index is 12.9. The molecular formula is C17H18BrNOS. The van der Waals surface area contributed by atoms with E-state index in [9.17, 15) is 4.79 Å². The second-order valence-corrected chi connectivity index (χ2v) is 7.36. The molecule has 1 heterocycles. The van der Waals surface area contributed by atoms with Crippen LogP contribution in [0.5, 0.6) is 0 Å². The Morgan fingerprint density at radius 2 is 2.05 bits per heavy atom. The molecule has 0 saturated heterocycles. The maximum absolute atomic E-state index is 12.9. The molecule has 1 aromatic carbocycles. The Bertz CT molecular complexity index is 621. The van der Waals surface area contributed by atoms with Gasteiger partial charge in [0.25, 0.3) is 5.91 Å². The van der Waals surface area contributed by atoms with Crippen LogP contribution in [0, 0.1) is 5.92 Å². The molecular weight excluding hydrogens is 346 g/mol. The van der Waals surface area contributed by atoms with Crippen molar-refractivity contribution in [2.45, 2.75) is 32.4 Å². The van der Waals surface area contributed by atoms with Crippen molar-refractivity contribution < 1.29 is 4.79 Å². The summed E-state index contributed by atoms with van der Waals surface area (Å²) in [6.07, 6.45) is 2.48. The first kappa shape index (κ1) is 14.8. The van der Waals surface area contributed by atoms with Gasteiger partial charge in [0, 0.05) is 17.1 Å². The van der Waals surface area contributed by atoms with Crippen LogP contribution in [0.4, 0.5) is 0 Å². The number of carbonyl (C=O) groups is 1. The fourth-order valence-corrected chi connectivity index (χ4v) is 4.09. The van der Waals surface area contributed by atoms with Gasteiger partial charge in [0.05, 0.1) is 0 Å². The lowest BCUT2D eigenvalue weighted by molar-refractivity contribution is 0.0658. The van der Waals surface area contributed by atoms with Crippen LogP contribution in [-0.4, -0.2) is 16.8 Å². The van der Waals surface area contributed by atoms with E-state index in [1.54, 1.807) is 0 Å². The van der Waals surface area contributed by atoms with E-state index in [1.807, 2.05) is 34.5 Å². The van der Waals surface area contributed by atoms with Crippen LogP contribution in [0.3, 0.4) is 0 Å². The summed E-state index contributed by atoms with van der Waals surface area (Å²) in [6.45, 7) is 2.86. The van der Waals surface area contributed by atoms with Crippen molar-refractivity contribution in [1.82, 2.24) is 4.90 Å². The first-order chi connectivity index (χ1) is 10.2. The van der Waals surface area contributed by atoms with E-state index < -0.39 is 0 Å². The molecule has 21 heavy (non-hydrogen) atoms. The lowest BCUT2D eigenvalue weighted by Crippen LogP contribution is -2.39. The van der Waals surface area contributed by atoms with Crippen molar-refractivity contribution in [2.24, 2.45) is 5.92 Å². The van der Waals surface area contributed by atoms with Gasteiger partial charge in [-0.3, -0.25) is 4.79 Å². The SMILES string of the molecule is CC(C1CC1)N(Cc1ccccc1)C(=O)c1sccc1Br. The van der Waals surface area contributed by atoms with Gasteiger partial charge < -0.3 is 4.90 Å². The average Bonchev–Trinajstić information content (AvgIpc) is 3.26. The molecule has 0 spiro atoms. The van der Waals surface area contributed by atoms with E-state index >= 15 is 0 Å². The molecule has 0 aliphatic heterocycles. The Hall–Kier alpha value is -1.13. The molecule has 1 amide bonds. The van der Waals surface area contributed by atoms with E-state index in [-0.39, 0.29) is 5.91 Å². The summed E-state index contributed by atoms with van der Waals surface area (Å²) < 4.78 is 0.901. The van der Waals surface area contributed by atoms with Crippen molar-refractivity contribution in [3.8, 4) is 0 Å². The predicted molar refractivity (Wildman–Crippen MR) is 90.5 cm³/mol. The van der Waals surface area contributed by atoms with Gasteiger partial charge in [-0.2, -0.15) is 0 Å². The standard InChI is InChI=1S/C17H18BrNOS/c1-12(14-7-8-14)19(11-13-5-3-2-4-6-13)17(20)16-15(18)9-10-21-16/h2-6,9-10,12,14H,7-8,11H2,1H3. The summed E-state index contributed by atoms with van der Waals surface area (Å²) in [6, 6.07) is 12.5. The summed E-state index contributed by atoms with van der Waals surface area (Å²) in [5.74, 6) is 0.802. The third-order valence-corrected chi connectivity index (χ3v) is 5.89. The number of nitrogens with zero attached hydrogens (tertiary/aromatic N) is 1. The fourth-order valence-electron chi connectivity index (χ4n) is 2.59. The van der Waals surface area contributed by atoms with Gasteiger partial charge in [-0.05, 0) is 58.6 Å². The monoisotopic (exact) mass is 363 g/mol. The van der Waals surface area contributed by atoms with Crippen LogP contribution in [0.15, 0.2) is 46.3 Å². The second-order valence-electron chi connectivity index (χ2n) is 5.59. The van der Waals surface area contributed by atoms with Crippen LogP contribution < -0.4 is 0 Å². The lowest BCUT2D eigenvalue weighted by Gasteiger charge is -2.29. The van der Waals surface area contributed by atoms with E-state index in [1.165, 1.54) is 29.7 Å². The number of amides is 1. The third kappa shape index (κ3) is 3.38. The number of hydrogen-bond donors (Lipinski definition) is 0. The summed E-state index contributed by atoms with van der Waals surface area (Å²) in [7, 11) is 0. The minimum atomic E-state index is 0.139. The Morgan fingerprint density at radius 3 is 2.62 bits per heavy atom. The zero-order chi connectivity index (χ0) is 14.8. The van der Waals surface area contributed by atoms with Gasteiger partial charge in [0.1, 0.15) is 4.88 Å². The molecule has 1 aliphatic rings. The van der Waals surface area contributed by atoms with Gasteiger partial charge >= 0.3 is 0 Å². The van der Waals surface area contributed by atoms with E-state index in [0.717, 1.165) is 9.35 Å². The van der Waals surface area contributed by atoms with E-state index in [0.29, 0.717) is 18.5 Å². The molecule has 0 bridgehead atoms. The number of rotatable bonds is 5. The lowest BCUT2D eigenvalue weighted by atomic mass is 10.1. The van der Waals surface area contributed by atoms with E-state index in [4.69, 9.17) is 0 Å². The van der Waals surface area contributed by atoms with Crippen molar-refractivity contribution in [1.29, 1.82) is 0 Å². The zero-order valence-electron chi connectivity index (χ0n) is 12.0. The van der Waals surface area contributed by atoms with Crippen molar-refractivity contribution >= 4 is 33.2 Å². The van der Waals surface area contributed by atoms with Crippen LogP contribution in [-0.2, 0) is 6.54 Å². The Kier molecular flexibility index (Phi) is 4.45. The molecule has 1 aliphatic carbocycles. The highest BCUT2D eigenvalue weighted by molar-refractivity contribution is 9.10. The molecule has 1 fully saturated rings. The quantitative estimate of drug-likeness (QED) is 0.735. The molecule has 1 atom stereocenters. The number of halogens is 1. The van der Waals surface area contributed by atoms with Crippen LogP contribution in [0.1, 0.15) is 35.0 Å². The normalized spacial score (nSPS) is 15.7. The summed E-state index contributed by atoms with van der Waals surface area (Å²) in [4.78, 5) is 15.7. The van der Waals surface area contributed by atoms with Gasteiger partial charge in [-0.1, -0.05) is 30.3 Å². The predicted octanol–water partition coefficient (Wildman–Crippen LogP) is 4.95. The molecule has 2 aromatic rings. The van der Waals surface area contributed by atoms with Crippen molar-refractivity contribution in [3.63, 3.8) is 0 Å². The number of carbonyl (C=O) groups excluding carboxylic acids is 1. The molecule has 2 nitrogen and oxygen atoms in total. The molecule has 1 saturated carbocycles. The molecule has 3 rings (SSSR count). The van der Waals surface area contributed by atoms with E-state index in [2.05, 4.69) is 35.0 Å². The van der Waals surface area contributed by atoms with Crippen LogP contribution in [0.25, 0.3) is 0 Å². The number of benzene rings is 1. The first-order valence-electron chi connectivity index (χ1n) is 7.24.